The van der Waals surface area contributed by atoms with E-state index in [4.69, 9.17) is 9.15 Å². The number of rotatable bonds is 5. The topological polar surface area (TPSA) is 71.8 Å². The molecule has 1 aromatic heterocycles. The van der Waals surface area contributed by atoms with Crippen molar-refractivity contribution >= 4 is 22.8 Å². The number of nitrogens with zero attached hydrogens (tertiary/aromatic N) is 1. The van der Waals surface area contributed by atoms with E-state index >= 15 is 0 Å². The van der Waals surface area contributed by atoms with Crippen LogP contribution < -0.4 is 5.32 Å². The summed E-state index contributed by atoms with van der Waals surface area (Å²) in [6.07, 6.45) is 3.77. The number of fused-ring (bicyclic) bond motifs is 1. The smallest absolute Gasteiger partial charge is 0.408 e. The molecule has 158 valence electrons. The molecule has 0 bridgehead atoms. The summed E-state index contributed by atoms with van der Waals surface area (Å²) >= 11 is 0. The predicted octanol–water partition coefficient (Wildman–Crippen LogP) is 4.52. The van der Waals surface area contributed by atoms with Crippen LogP contribution >= 0.6 is 0 Å². The summed E-state index contributed by atoms with van der Waals surface area (Å²) in [6.45, 7) is 9.99. The average Bonchev–Trinajstić information content (AvgIpc) is 3.25. The summed E-state index contributed by atoms with van der Waals surface area (Å²) in [5.74, 6) is 0.816. The maximum atomic E-state index is 13.3. The molecule has 6 nitrogen and oxygen atoms in total. The van der Waals surface area contributed by atoms with Crippen LogP contribution in [0.4, 0.5) is 4.79 Å². The number of carbonyl (C=O) groups excluding carboxylic acids is 2. The molecule has 2 amide bonds. The molecule has 1 aromatic carbocycles. The van der Waals surface area contributed by atoms with E-state index < -0.39 is 17.7 Å². The Balaban J connectivity index is 1.72. The highest BCUT2D eigenvalue weighted by atomic mass is 16.6. The fraction of sp³-hybridized carbons (Fsp3) is 0.565. The van der Waals surface area contributed by atoms with E-state index in [0.717, 1.165) is 29.4 Å². The first-order valence-corrected chi connectivity index (χ1v) is 10.4. The van der Waals surface area contributed by atoms with Crippen molar-refractivity contribution in [2.45, 2.75) is 71.6 Å². The molecule has 2 heterocycles. The van der Waals surface area contributed by atoms with Crippen molar-refractivity contribution in [3.05, 3.63) is 36.3 Å². The summed E-state index contributed by atoms with van der Waals surface area (Å²) in [5.41, 5.74) is -0.606. The molecule has 29 heavy (non-hydrogen) atoms. The van der Waals surface area contributed by atoms with E-state index in [-0.39, 0.29) is 17.9 Å². The second kappa shape index (κ2) is 8.47. The van der Waals surface area contributed by atoms with Gasteiger partial charge in [-0.2, -0.15) is 0 Å². The Morgan fingerprint density at radius 3 is 2.69 bits per heavy atom. The molecule has 1 aliphatic heterocycles. The SMILES string of the molecule is CC(C)[C@H](NC(=O)OC(C)(C)C)C(=O)N1CCC[C@H]1Cc1occ2ccccc12. The van der Waals surface area contributed by atoms with Crippen molar-refractivity contribution in [2.75, 3.05) is 6.54 Å². The number of likely N-dealkylation sites (tertiary alicyclic amines) is 1. The first-order chi connectivity index (χ1) is 13.7. The van der Waals surface area contributed by atoms with E-state index in [1.165, 1.54) is 0 Å². The lowest BCUT2D eigenvalue weighted by Crippen LogP contribution is -2.53. The number of carbonyl (C=O) groups is 2. The van der Waals surface area contributed by atoms with Gasteiger partial charge < -0.3 is 19.4 Å². The van der Waals surface area contributed by atoms with Crippen LogP contribution in [0.15, 0.2) is 34.9 Å². The quantitative estimate of drug-likeness (QED) is 0.801. The van der Waals surface area contributed by atoms with Gasteiger partial charge in [-0.25, -0.2) is 4.79 Å². The minimum absolute atomic E-state index is 0.0410. The Bertz CT molecular complexity index is 865. The monoisotopic (exact) mass is 400 g/mol. The van der Waals surface area contributed by atoms with Crippen LogP contribution in [-0.2, 0) is 16.0 Å². The maximum absolute atomic E-state index is 13.3. The van der Waals surface area contributed by atoms with Crippen LogP contribution in [-0.4, -0.2) is 41.1 Å². The Labute approximate surface area is 172 Å². The van der Waals surface area contributed by atoms with Gasteiger partial charge in [0.15, 0.2) is 0 Å². The Morgan fingerprint density at radius 1 is 1.28 bits per heavy atom. The van der Waals surface area contributed by atoms with Crippen LogP contribution in [0.1, 0.15) is 53.2 Å². The highest BCUT2D eigenvalue weighted by Crippen LogP contribution is 2.28. The molecule has 2 atom stereocenters. The number of nitrogens with one attached hydrogen (secondary N) is 1. The molecule has 1 fully saturated rings. The van der Waals surface area contributed by atoms with Crippen LogP contribution in [0.2, 0.25) is 0 Å². The Morgan fingerprint density at radius 2 is 2.00 bits per heavy atom. The average molecular weight is 401 g/mol. The molecule has 0 aliphatic carbocycles. The van der Waals surface area contributed by atoms with Crippen LogP contribution in [0, 0.1) is 5.92 Å². The molecule has 1 saturated heterocycles. The Hall–Kier alpha value is -2.50. The molecule has 0 spiro atoms. The lowest BCUT2D eigenvalue weighted by atomic mass is 10.0. The highest BCUT2D eigenvalue weighted by Gasteiger charge is 2.36. The van der Waals surface area contributed by atoms with Crippen molar-refractivity contribution in [3.63, 3.8) is 0 Å². The maximum Gasteiger partial charge on any atom is 0.408 e. The minimum atomic E-state index is -0.612. The highest BCUT2D eigenvalue weighted by molar-refractivity contribution is 5.87. The van der Waals surface area contributed by atoms with Crippen molar-refractivity contribution in [1.29, 1.82) is 0 Å². The lowest BCUT2D eigenvalue weighted by molar-refractivity contribution is -0.135. The van der Waals surface area contributed by atoms with Gasteiger partial charge in [0.2, 0.25) is 5.91 Å². The third-order valence-corrected chi connectivity index (χ3v) is 5.28. The van der Waals surface area contributed by atoms with Crippen LogP contribution in [0.5, 0.6) is 0 Å². The fourth-order valence-electron chi connectivity index (χ4n) is 3.89. The summed E-state index contributed by atoms with van der Waals surface area (Å²) in [7, 11) is 0. The van der Waals surface area contributed by atoms with Crippen molar-refractivity contribution in [2.24, 2.45) is 5.92 Å². The van der Waals surface area contributed by atoms with E-state index in [0.29, 0.717) is 13.0 Å². The number of furan rings is 1. The van der Waals surface area contributed by atoms with Gasteiger partial charge in [0.05, 0.1) is 6.26 Å². The number of hydrogen-bond donors (Lipinski definition) is 1. The molecule has 3 rings (SSSR count). The standard InChI is InChI=1S/C23H32N2O4/c1-15(2)20(24-22(27)29-23(3,4)5)21(26)25-12-8-10-17(25)13-19-18-11-7-6-9-16(18)14-28-19/h6-7,9,11,14-15,17,20H,8,10,12-13H2,1-5H3,(H,24,27)/t17-,20-/m0/s1. The van der Waals surface area contributed by atoms with Gasteiger partial charge in [-0.1, -0.05) is 38.1 Å². The van der Waals surface area contributed by atoms with E-state index in [1.807, 2.05) is 57.7 Å². The molecule has 0 unspecified atom stereocenters. The molecule has 6 heteroatoms. The number of alkyl carbamates (subject to hydrolysis) is 1. The number of benzene rings is 1. The van der Waals surface area contributed by atoms with Crippen LogP contribution in [0.25, 0.3) is 10.8 Å². The lowest BCUT2D eigenvalue weighted by Gasteiger charge is -2.31. The summed E-state index contributed by atoms with van der Waals surface area (Å²) in [4.78, 5) is 27.5. The zero-order chi connectivity index (χ0) is 21.2. The molecule has 1 N–H and O–H groups in total. The van der Waals surface area contributed by atoms with Crippen molar-refractivity contribution < 1.29 is 18.7 Å². The van der Waals surface area contributed by atoms with Gasteiger partial charge in [-0.05, 0) is 39.5 Å². The molecule has 2 aromatic rings. The van der Waals surface area contributed by atoms with Gasteiger partial charge in [-0.3, -0.25) is 4.79 Å². The second-order valence-electron chi connectivity index (χ2n) is 9.15. The van der Waals surface area contributed by atoms with Crippen LogP contribution in [0.3, 0.4) is 0 Å². The molecular weight excluding hydrogens is 368 g/mol. The number of amides is 2. The van der Waals surface area contributed by atoms with Gasteiger partial charge in [-0.15, -0.1) is 0 Å². The number of hydrogen-bond acceptors (Lipinski definition) is 4. The van der Waals surface area contributed by atoms with E-state index in [1.54, 1.807) is 6.26 Å². The zero-order valence-corrected chi connectivity index (χ0v) is 18.0. The molecular formula is C23H32N2O4. The minimum Gasteiger partial charge on any atom is -0.468 e. The summed E-state index contributed by atoms with van der Waals surface area (Å²) in [5, 5.41) is 4.95. The van der Waals surface area contributed by atoms with E-state index in [9.17, 15) is 9.59 Å². The number of ether oxygens (including phenoxy) is 1. The second-order valence-corrected chi connectivity index (χ2v) is 9.15. The third kappa shape index (κ3) is 5.11. The summed E-state index contributed by atoms with van der Waals surface area (Å²) < 4.78 is 11.2. The van der Waals surface area contributed by atoms with Gasteiger partial charge in [0, 0.05) is 29.8 Å². The molecule has 0 saturated carbocycles. The normalized spacial score (nSPS) is 18.3. The third-order valence-electron chi connectivity index (χ3n) is 5.28. The van der Waals surface area contributed by atoms with Gasteiger partial charge in [0.25, 0.3) is 0 Å². The van der Waals surface area contributed by atoms with Gasteiger partial charge in [0.1, 0.15) is 17.4 Å². The molecule has 0 radical (unpaired) electrons. The van der Waals surface area contributed by atoms with E-state index in [2.05, 4.69) is 11.4 Å². The largest absolute Gasteiger partial charge is 0.468 e. The Kier molecular flexibility index (Phi) is 6.20. The fourth-order valence-corrected chi connectivity index (χ4v) is 3.89. The predicted molar refractivity (Wildman–Crippen MR) is 113 cm³/mol. The first kappa shape index (κ1) is 21.2. The molecule has 1 aliphatic rings. The van der Waals surface area contributed by atoms with Crippen molar-refractivity contribution in [3.8, 4) is 0 Å². The summed E-state index contributed by atoms with van der Waals surface area (Å²) in [6, 6.07) is 7.52. The van der Waals surface area contributed by atoms with Crippen molar-refractivity contribution in [1.82, 2.24) is 10.2 Å². The zero-order valence-electron chi connectivity index (χ0n) is 18.0. The first-order valence-electron chi connectivity index (χ1n) is 10.4. The van der Waals surface area contributed by atoms with Gasteiger partial charge >= 0.3 is 6.09 Å².